The minimum absolute atomic E-state index is 0.0458. The van der Waals surface area contributed by atoms with E-state index in [2.05, 4.69) is 41.5 Å². The van der Waals surface area contributed by atoms with Crippen LogP contribution in [0.15, 0.2) is 11.1 Å². The number of rotatable bonds is 10. The topological polar surface area (TPSA) is 192 Å². The first-order chi connectivity index (χ1) is 23.9. The lowest BCUT2D eigenvalue weighted by Gasteiger charge is -2.71. The summed E-state index contributed by atoms with van der Waals surface area (Å²) in [5.74, 6) is -0.717. The Hall–Kier alpha value is -1.64. The summed E-state index contributed by atoms with van der Waals surface area (Å²) in [6, 6.07) is 0. The molecular weight excluding hydrogens is 672 g/mol. The fourth-order valence-electron chi connectivity index (χ4n) is 11.9. The van der Waals surface area contributed by atoms with Crippen molar-refractivity contribution in [1.82, 2.24) is 0 Å². The van der Waals surface area contributed by atoms with E-state index >= 15 is 0 Å². The summed E-state index contributed by atoms with van der Waals surface area (Å²) in [4.78, 5) is 23.9. The van der Waals surface area contributed by atoms with Crippen molar-refractivity contribution >= 4 is 11.9 Å². The first kappa shape index (κ1) is 41.5. The number of aliphatic hydroxyl groups excluding tert-OH is 5. The molecule has 5 rings (SSSR count). The van der Waals surface area contributed by atoms with Crippen molar-refractivity contribution in [3.8, 4) is 0 Å². The van der Waals surface area contributed by atoms with E-state index in [1.165, 1.54) is 38.8 Å². The third kappa shape index (κ3) is 6.90. The molecule has 0 aromatic carbocycles. The second-order valence-corrected chi connectivity index (χ2v) is 18.7. The third-order valence-corrected chi connectivity index (χ3v) is 14.9. The van der Waals surface area contributed by atoms with Crippen molar-refractivity contribution in [2.24, 2.45) is 39.4 Å². The summed E-state index contributed by atoms with van der Waals surface area (Å²) in [6.07, 6.45) is -4.42. The predicted molar refractivity (Wildman–Crippen MR) is 190 cm³/mol. The lowest BCUT2D eigenvalue weighted by molar-refractivity contribution is -0.344. The summed E-state index contributed by atoms with van der Waals surface area (Å²) in [7, 11) is 0. The van der Waals surface area contributed by atoms with E-state index in [4.69, 9.17) is 18.9 Å². The van der Waals surface area contributed by atoms with Gasteiger partial charge in [-0.3, -0.25) is 9.59 Å². The fraction of sp³-hybridized carbons (Fsp3) is 0.900. The van der Waals surface area contributed by atoms with Gasteiger partial charge in [0.15, 0.2) is 6.29 Å². The Bertz CT molecular complexity index is 1370. The second kappa shape index (κ2) is 14.5. The molecule has 1 aliphatic heterocycles. The first-order valence-corrected chi connectivity index (χ1v) is 19.4. The minimum Gasteiger partial charge on any atom is -0.463 e. The van der Waals surface area contributed by atoms with Crippen LogP contribution in [0, 0.1) is 39.4 Å². The van der Waals surface area contributed by atoms with Gasteiger partial charge in [0.1, 0.15) is 43.2 Å². The standard InChI is InChI=1S/C40H66O12/c1-20(17-25(43)34(47)37(6,7)48)23-13-16-39(9)24(23)11-12-27-38(8)15-14-29(50-22(3)42)36(4,5)28(38)18-30(40(27,39)10)52-35-33(46)32(45)31(44)26(51-35)19-49-21(2)41/h20,25-35,43-48H,11-19H2,1-10H3/t20-,25+,26?,27+,28-,29+,30+,31?,32?,33?,34-,35?,38+,39+,40-/m0/s1. The average Bonchev–Trinajstić information content (AvgIpc) is 3.40. The maximum absolute atomic E-state index is 12.3. The van der Waals surface area contributed by atoms with Gasteiger partial charge >= 0.3 is 11.9 Å². The highest BCUT2D eigenvalue weighted by Gasteiger charge is 2.71. The molecule has 0 radical (unpaired) electrons. The number of fused-ring (bicyclic) bond motifs is 5. The summed E-state index contributed by atoms with van der Waals surface area (Å²) in [5.41, 5.74) is -0.263. The van der Waals surface area contributed by atoms with Crippen molar-refractivity contribution in [3.05, 3.63) is 11.1 Å². The molecule has 298 valence electrons. The number of hydrogen-bond acceptors (Lipinski definition) is 12. The Labute approximate surface area is 309 Å². The highest BCUT2D eigenvalue weighted by molar-refractivity contribution is 5.66. The number of carbonyl (C=O) groups excluding carboxylic acids is 2. The lowest BCUT2D eigenvalue weighted by atomic mass is 9.35. The molecule has 5 aliphatic rings. The Morgan fingerprint density at radius 2 is 1.56 bits per heavy atom. The van der Waals surface area contributed by atoms with Gasteiger partial charge in [-0.2, -0.15) is 0 Å². The van der Waals surface area contributed by atoms with Gasteiger partial charge in [-0.05, 0) is 93.8 Å². The molecule has 0 bridgehead atoms. The number of esters is 2. The monoisotopic (exact) mass is 738 g/mol. The van der Waals surface area contributed by atoms with Crippen LogP contribution in [0.25, 0.3) is 0 Å². The zero-order valence-electron chi connectivity index (χ0n) is 32.9. The van der Waals surface area contributed by atoms with Gasteiger partial charge < -0.3 is 49.6 Å². The summed E-state index contributed by atoms with van der Waals surface area (Å²) in [5, 5.41) is 65.0. The van der Waals surface area contributed by atoms with E-state index in [0.717, 1.165) is 38.5 Å². The maximum Gasteiger partial charge on any atom is 0.302 e. The summed E-state index contributed by atoms with van der Waals surface area (Å²) >= 11 is 0. The van der Waals surface area contributed by atoms with E-state index in [0.29, 0.717) is 12.8 Å². The van der Waals surface area contributed by atoms with Gasteiger partial charge in [-0.25, -0.2) is 0 Å². The quantitative estimate of drug-likeness (QED) is 0.109. The molecule has 1 saturated heterocycles. The Balaban J connectivity index is 1.56. The van der Waals surface area contributed by atoms with Crippen LogP contribution in [0.5, 0.6) is 0 Å². The molecule has 0 amide bonds. The van der Waals surface area contributed by atoms with E-state index in [1.807, 2.05) is 0 Å². The summed E-state index contributed by atoms with van der Waals surface area (Å²) < 4.78 is 24.2. The molecule has 4 fully saturated rings. The molecule has 52 heavy (non-hydrogen) atoms. The normalized spacial score (nSPS) is 43.4. The van der Waals surface area contributed by atoms with Crippen LogP contribution < -0.4 is 0 Å². The fourth-order valence-corrected chi connectivity index (χ4v) is 11.9. The van der Waals surface area contributed by atoms with Gasteiger partial charge in [0.25, 0.3) is 0 Å². The van der Waals surface area contributed by atoms with Crippen molar-refractivity contribution in [2.75, 3.05) is 6.61 Å². The zero-order valence-corrected chi connectivity index (χ0v) is 32.9. The van der Waals surface area contributed by atoms with Crippen LogP contribution in [-0.4, -0.2) is 110 Å². The molecule has 6 N–H and O–H groups in total. The number of allylic oxidation sites excluding steroid dienone is 2. The molecule has 3 saturated carbocycles. The van der Waals surface area contributed by atoms with E-state index in [1.54, 1.807) is 0 Å². The van der Waals surface area contributed by atoms with E-state index in [-0.39, 0.29) is 47.3 Å². The Kier molecular flexibility index (Phi) is 11.5. The zero-order chi connectivity index (χ0) is 38.9. The van der Waals surface area contributed by atoms with Gasteiger partial charge in [-0.1, -0.05) is 52.7 Å². The molecule has 12 nitrogen and oxygen atoms in total. The number of hydrogen-bond donors (Lipinski definition) is 6. The molecule has 5 unspecified atom stereocenters. The largest absolute Gasteiger partial charge is 0.463 e. The van der Waals surface area contributed by atoms with Crippen molar-refractivity contribution in [2.45, 2.75) is 181 Å². The molecule has 0 aromatic heterocycles. The number of carbonyl (C=O) groups is 2. The molecule has 0 aromatic rings. The Morgan fingerprint density at radius 3 is 2.15 bits per heavy atom. The molecule has 12 heteroatoms. The third-order valence-electron chi connectivity index (χ3n) is 14.9. The van der Waals surface area contributed by atoms with Gasteiger partial charge in [-0.15, -0.1) is 0 Å². The highest BCUT2D eigenvalue weighted by Crippen LogP contribution is 2.75. The molecule has 0 spiro atoms. The first-order valence-electron chi connectivity index (χ1n) is 19.4. The lowest BCUT2D eigenvalue weighted by Crippen LogP contribution is -2.69. The van der Waals surface area contributed by atoms with Crippen molar-refractivity contribution in [3.63, 3.8) is 0 Å². The van der Waals surface area contributed by atoms with Crippen LogP contribution >= 0.6 is 0 Å². The maximum atomic E-state index is 12.3. The minimum atomic E-state index is -1.60. The van der Waals surface area contributed by atoms with Crippen LogP contribution in [0.3, 0.4) is 0 Å². The Morgan fingerprint density at radius 1 is 0.904 bits per heavy atom. The average molecular weight is 739 g/mol. The number of aliphatic hydroxyl groups is 6. The van der Waals surface area contributed by atoms with Crippen LogP contribution in [-0.2, 0) is 28.5 Å². The molecule has 15 atom stereocenters. The van der Waals surface area contributed by atoms with Crippen molar-refractivity contribution in [1.29, 1.82) is 0 Å². The number of ether oxygens (including phenoxy) is 4. The smallest absolute Gasteiger partial charge is 0.302 e. The van der Waals surface area contributed by atoms with Crippen LogP contribution in [0.2, 0.25) is 0 Å². The molecule has 4 aliphatic carbocycles. The van der Waals surface area contributed by atoms with Gasteiger partial charge in [0.2, 0.25) is 0 Å². The van der Waals surface area contributed by atoms with Crippen LogP contribution in [0.4, 0.5) is 0 Å². The SMILES string of the molecule is CC(=O)OCC1OC(O[C@@H]2C[C@H]3C(C)(C)[C@H](OC(C)=O)CC[C@]3(C)[C@H]3CCC4=C([C@@H](C)C[C@@H](O)[C@H](O)C(C)(C)O)CC[C@@]4(C)[C@@]32C)C(O)C(O)C1O. The van der Waals surface area contributed by atoms with Gasteiger partial charge in [0.05, 0.1) is 17.8 Å². The molecular formula is C40H66O12. The molecule has 1 heterocycles. The van der Waals surface area contributed by atoms with E-state index < -0.39 is 71.4 Å². The highest BCUT2D eigenvalue weighted by atomic mass is 16.7. The van der Waals surface area contributed by atoms with Gasteiger partial charge in [0, 0.05) is 24.7 Å². The van der Waals surface area contributed by atoms with E-state index in [9.17, 15) is 40.2 Å². The second-order valence-electron chi connectivity index (χ2n) is 18.7. The van der Waals surface area contributed by atoms with Crippen molar-refractivity contribution < 1.29 is 59.2 Å². The summed E-state index contributed by atoms with van der Waals surface area (Å²) in [6.45, 7) is 18.8. The predicted octanol–water partition coefficient (Wildman–Crippen LogP) is 3.55. The van der Waals surface area contributed by atoms with Crippen LogP contribution in [0.1, 0.15) is 121 Å².